The number of carbonyl (C=O) groups excluding carboxylic acids is 2. The lowest BCUT2D eigenvalue weighted by molar-refractivity contribution is -0.121. The average Bonchev–Trinajstić information content (AvgIpc) is 2.68. The number of anilines is 1. The Morgan fingerprint density at radius 1 is 1.04 bits per heavy atom. The Kier molecular flexibility index (Phi) is 8.36. The Labute approximate surface area is 161 Å². The molecule has 0 radical (unpaired) electrons. The molecule has 0 aliphatic heterocycles. The van der Waals surface area contributed by atoms with E-state index < -0.39 is 0 Å². The zero-order chi connectivity index (χ0) is 19.5. The smallest absolute Gasteiger partial charge is 0.223 e. The second kappa shape index (κ2) is 11.0. The number of benzene rings is 2. The summed E-state index contributed by atoms with van der Waals surface area (Å²) in [5, 5.41) is 2.87. The van der Waals surface area contributed by atoms with Crippen molar-refractivity contribution in [3.05, 3.63) is 60.2 Å². The Morgan fingerprint density at radius 3 is 2.37 bits per heavy atom. The molecular formula is C22H28N2O3. The molecule has 0 aliphatic rings. The van der Waals surface area contributed by atoms with Gasteiger partial charge in [-0.15, -0.1) is 0 Å². The van der Waals surface area contributed by atoms with Gasteiger partial charge in [-0.3, -0.25) is 9.59 Å². The summed E-state index contributed by atoms with van der Waals surface area (Å²) in [6, 6.07) is 17.3. The van der Waals surface area contributed by atoms with Gasteiger partial charge in [-0.25, -0.2) is 0 Å². The van der Waals surface area contributed by atoms with E-state index in [4.69, 9.17) is 4.74 Å². The molecule has 2 aromatic rings. The number of hydrogen-bond acceptors (Lipinski definition) is 3. The van der Waals surface area contributed by atoms with E-state index in [0.29, 0.717) is 19.7 Å². The Hall–Kier alpha value is -2.82. The normalized spacial score (nSPS) is 10.3. The fourth-order valence-corrected chi connectivity index (χ4v) is 2.64. The molecule has 5 nitrogen and oxygen atoms in total. The third-order valence-corrected chi connectivity index (χ3v) is 4.19. The molecule has 2 aromatic carbocycles. The van der Waals surface area contributed by atoms with Crippen LogP contribution in [0.5, 0.6) is 5.75 Å². The monoisotopic (exact) mass is 368 g/mol. The van der Waals surface area contributed by atoms with Gasteiger partial charge in [0, 0.05) is 32.1 Å². The SMILES string of the molecule is CCCCNC(=O)CCN(C(C)=O)c1ccc(OCc2ccccc2)cc1. The topological polar surface area (TPSA) is 58.6 Å². The lowest BCUT2D eigenvalue weighted by Crippen LogP contribution is -2.34. The van der Waals surface area contributed by atoms with Gasteiger partial charge in [0.15, 0.2) is 0 Å². The summed E-state index contributed by atoms with van der Waals surface area (Å²) in [6.07, 6.45) is 2.29. The molecule has 0 spiro atoms. The van der Waals surface area contributed by atoms with Crippen molar-refractivity contribution in [2.75, 3.05) is 18.0 Å². The van der Waals surface area contributed by atoms with Crippen molar-refractivity contribution in [3.63, 3.8) is 0 Å². The molecule has 0 aliphatic carbocycles. The Morgan fingerprint density at radius 2 is 1.74 bits per heavy atom. The van der Waals surface area contributed by atoms with Crippen LogP contribution >= 0.6 is 0 Å². The summed E-state index contributed by atoms with van der Waals surface area (Å²) in [5.74, 6) is 0.621. The largest absolute Gasteiger partial charge is 0.489 e. The average molecular weight is 368 g/mol. The van der Waals surface area contributed by atoms with Gasteiger partial charge in [0.05, 0.1) is 0 Å². The molecule has 27 heavy (non-hydrogen) atoms. The first-order chi connectivity index (χ1) is 13.1. The van der Waals surface area contributed by atoms with Gasteiger partial charge in [-0.05, 0) is 36.2 Å². The van der Waals surface area contributed by atoms with E-state index >= 15 is 0 Å². The number of ether oxygens (including phenoxy) is 1. The number of hydrogen-bond donors (Lipinski definition) is 1. The van der Waals surface area contributed by atoms with Crippen molar-refractivity contribution in [2.24, 2.45) is 0 Å². The predicted molar refractivity (Wildman–Crippen MR) is 108 cm³/mol. The van der Waals surface area contributed by atoms with Crippen molar-refractivity contribution in [1.82, 2.24) is 5.32 Å². The maximum absolute atomic E-state index is 12.0. The first-order valence-electron chi connectivity index (χ1n) is 9.41. The van der Waals surface area contributed by atoms with E-state index in [0.717, 1.165) is 29.8 Å². The van der Waals surface area contributed by atoms with Crippen LogP contribution in [0.1, 0.15) is 38.7 Å². The lowest BCUT2D eigenvalue weighted by Gasteiger charge is -2.21. The van der Waals surface area contributed by atoms with Gasteiger partial charge in [-0.1, -0.05) is 43.7 Å². The molecule has 144 valence electrons. The Bertz CT molecular complexity index is 714. The molecule has 0 heterocycles. The number of unbranched alkanes of at least 4 members (excludes halogenated alkanes) is 1. The zero-order valence-corrected chi connectivity index (χ0v) is 16.1. The number of nitrogens with zero attached hydrogens (tertiary/aromatic N) is 1. The molecular weight excluding hydrogens is 340 g/mol. The van der Waals surface area contributed by atoms with Crippen LogP contribution in [-0.4, -0.2) is 24.9 Å². The fraction of sp³-hybridized carbons (Fsp3) is 0.364. The Balaban J connectivity index is 1.89. The van der Waals surface area contributed by atoms with Crippen molar-refractivity contribution < 1.29 is 14.3 Å². The molecule has 0 aromatic heterocycles. The lowest BCUT2D eigenvalue weighted by atomic mass is 10.2. The van der Waals surface area contributed by atoms with Gasteiger partial charge in [0.25, 0.3) is 0 Å². The molecule has 0 saturated carbocycles. The number of nitrogens with one attached hydrogen (secondary N) is 1. The van der Waals surface area contributed by atoms with E-state index in [1.807, 2.05) is 54.6 Å². The second-order valence-corrected chi connectivity index (χ2v) is 6.39. The minimum Gasteiger partial charge on any atom is -0.489 e. The van der Waals surface area contributed by atoms with Crippen LogP contribution < -0.4 is 15.0 Å². The first kappa shape index (κ1) is 20.5. The maximum Gasteiger partial charge on any atom is 0.223 e. The van der Waals surface area contributed by atoms with E-state index in [-0.39, 0.29) is 18.2 Å². The number of rotatable bonds is 10. The summed E-state index contributed by atoms with van der Waals surface area (Å²) in [7, 11) is 0. The molecule has 1 N–H and O–H groups in total. The van der Waals surface area contributed by atoms with Gasteiger partial charge in [0.1, 0.15) is 12.4 Å². The van der Waals surface area contributed by atoms with Crippen molar-refractivity contribution in [1.29, 1.82) is 0 Å². The van der Waals surface area contributed by atoms with E-state index in [2.05, 4.69) is 12.2 Å². The maximum atomic E-state index is 12.0. The van der Waals surface area contributed by atoms with Crippen LogP contribution in [0.15, 0.2) is 54.6 Å². The van der Waals surface area contributed by atoms with Gasteiger partial charge in [0.2, 0.25) is 11.8 Å². The minimum absolute atomic E-state index is 0.0301. The molecule has 2 rings (SSSR count). The van der Waals surface area contributed by atoms with Crippen molar-refractivity contribution in [3.8, 4) is 5.75 Å². The third-order valence-electron chi connectivity index (χ3n) is 4.19. The van der Waals surface area contributed by atoms with Gasteiger partial charge >= 0.3 is 0 Å². The highest BCUT2D eigenvalue weighted by atomic mass is 16.5. The third kappa shape index (κ3) is 7.13. The van der Waals surface area contributed by atoms with Gasteiger partial charge < -0.3 is 15.0 Å². The quantitative estimate of drug-likeness (QED) is 0.647. The van der Waals surface area contributed by atoms with Crippen LogP contribution in [0.2, 0.25) is 0 Å². The van der Waals surface area contributed by atoms with Crippen LogP contribution in [0.25, 0.3) is 0 Å². The van der Waals surface area contributed by atoms with Crippen LogP contribution in [0.3, 0.4) is 0 Å². The van der Waals surface area contributed by atoms with Gasteiger partial charge in [-0.2, -0.15) is 0 Å². The molecule has 5 heteroatoms. The molecule has 0 unspecified atom stereocenters. The van der Waals surface area contributed by atoms with Crippen LogP contribution in [-0.2, 0) is 16.2 Å². The van der Waals surface area contributed by atoms with Crippen molar-refractivity contribution >= 4 is 17.5 Å². The highest BCUT2D eigenvalue weighted by molar-refractivity contribution is 5.92. The summed E-state index contributed by atoms with van der Waals surface area (Å²) in [5.41, 5.74) is 1.86. The molecule has 0 fully saturated rings. The molecule has 0 bridgehead atoms. The zero-order valence-electron chi connectivity index (χ0n) is 16.1. The summed E-state index contributed by atoms with van der Waals surface area (Å²) >= 11 is 0. The fourth-order valence-electron chi connectivity index (χ4n) is 2.64. The second-order valence-electron chi connectivity index (χ2n) is 6.39. The van der Waals surface area contributed by atoms with Crippen molar-refractivity contribution in [2.45, 2.75) is 39.7 Å². The van der Waals surface area contributed by atoms with Crippen LogP contribution in [0.4, 0.5) is 5.69 Å². The number of carbonyl (C=O) groups is 2. The highest BCUT2D eigenvalue weighted by Crippen LogP contribution is 2.21. The standard InChI is InChI=1S/C22H28N2O3/c1-3-4-15-23-22(26)14-16-24(18(2)25)20-10-12-21(13-11-20)27-17-19-8-6-5-7-9-19/h5-13H,3-4,14-17H2,1-2H3,(H,23,26). The summed E-state index contributed by atoms with van der Waals surface area (Å²) in [6.45, 7) is 5.13. The van der Waals surface area contributed by atoms with E-state index in [1.54, 1.807) is 4.90 Å². The molecule has 0 atom stereocenters. The molecule has 2 amide bonds. The predicted octanol–water partition coefficient (Wildman–Crippen LogP) is 3.92. The highest BCUT2D eigenvalue weighted by Gasteiger charge is 2.13. The summed E-state index contributed by atoms with van der Waals surface area (Å²) in [4.78, 5) is 25.5. The minimum atomic E-state index is -0.0886. The summed E-state index contributed by atoms with van der Waals surface area (Å²) < 4.78 is 5.77. The molecule has 0 saturated heterocycles. The van der Waals surface area contributed by atoms with E-state index in [1.165, 1.54) is 6.92 Å². The van der Waals surface area contributed by atoms with E-state index in [9.17, 15) is 9.59 Å². The number of amides is 2. The first-order valence-corrected chi connectivity index (χ1v) is 9.41. The van der Waals surface area contributed by atoms with Crippen LogP contribution in [0, 0.1) is 0 Å².